The number of hydrogen-bond donors (Lipinski definition) is 0. The molecule has 3 nitrogen and oxygen atoms in total. The van der Waals surface area contributed by atoms with E-state index in [-0.39, 0.29) is 28.5 Å². The Morgan fingerprint density at radius 1 is 1.67 bits per heavy atom. The van der Waals surface area contributed by atoms with Crippen molar-refractivity contribution in [2.45, 2.75) is 12.8 Å². The first-order valence-electron chi connectivity index (χ1n) is 3.98. The average molecular weight is 233 g/mol. The Kier molecular flexibility index (Phi) is 3.81. The number of rotatable bonds is 3. The van der Waals surface area contributed by atoms with E-state index in [1.54, 1.807) is 6.07 Å². The molecule has 0 spiro atoms. The molecule has 1 aromatic rings. The molecular formula is C9H7ClF2N2O. The van der Waals surface area contributed by atoms with Crippen LogP contribution in [0.3, 0.4) is 0 Å². The Morgan fingerprint density at radius 3 is 2.80 bits per heavy atom. The van der Waals surface area contributed by atoms with E-state index >= 15 is 0 Å². The van der Waals surface area contributed by atoms with Crippen molar-refractivity contribution in [1.29, 1.82) is 5.26 Å². The highest BCUT2D eigenvalue weighted by Gasteiger charge is 2.21. The predicted molar refractivity (Wildman–Crippen MR) is 50.1 cm³/mol. The third-order valence-corrected chi connectivity index (χ3v) is 2.10. The van der Waals surface area contributed by atoms with Crippen molar-refractivity contribution < 1.29 is 13.5 Å². The Hall–Kier alpha value is -1.41. The fourth-order valence-corrected chi connectivity index (χ4v) is 1.43. The monoisotopic (exact) mass is 232 g/mol. The van der Waals surface area contributed by atoms with Crippen LogP contribution >= 0.6 is 11.6 Å². The van der Waals surface area contributed by atoms with Crippen molar-refractivity contribution in [3.05, 3.63) is 22.3 Å². The number of ether oxygens (including phenoxy) is 1. The van der Waals surface area contributed by atoms with E-state index in [1.807, 2.05) is 0 Å². The van der Waals surface area contributed by atoms with Gasteiger partial charge in [0.05, 0.1) is 30.8 Å². The highest BCUT2D eigenvalue weighted by atomic mass is 35.5. The summed E-state index contributed by atoms with van der Waals surface area (Å²) in [5.41, 5.74) is -0.340. The molecule has 0 aliphatic rings. The van der Waals surface area contributed by atoms with Gasteiger partial charge in [-0.05, 0) is 0 Å². The van der Waals surface area contributed by atoms with E-state index < -0.39 is 6.43 Å². The molecule has 1 aromatic heterocycles. The van der Waals surface area contributed by atoms with Crippen molar-refractivity contribution in [2.24, 2.45) is 0 Å². The number of halogens is 3. The molecule has 1 heterocycles. The minimum absolute atomic E-state index is 0.0104. The summed E-state index contributed by atoms with van der Waals surface area (Å²) >= 11 is 5.58. The number of nitriles is 1. The number of pyridine rings is 1. The molecule has 1 rings (SSSR count). The van der Waals surface area contributed by atoms with Gasteiger partial charge in [-0.15, -0.1) is 0 Å². The summed E-state index contributed by atoms with van der Waals surface area (Å²) in [5.74, 6) is 0.0104. The zero-order valence-electron chi connectivity index (χ0n) is 7.80. The lowest BCUT2D eigenvalue weighted by atomic mass is 10.1. The van der Waals surface area contributed by atoms with Gasteiger partial charge in [0.25, 0.3) is 6.43 Å². The zero-order chi connectivity index (χ0) is 11.4. The molecule has 0 aliphatic heterocycles. The second-order valence-electron chi connectivity index (χ2n) is 2.64. The lowest BCUT2D eigenvalue weighted by Crippen LogP contribution is -2.01. The molecule has 0 amide bonds. The Bertz CT molecular complexity index is 404. The maximum Gasteiger partial charge on any atom is 0.265 e. The van der Waals surface area contributed by atoms with E-state index in [0.29, 0.717) is 0 Å². The third-order valence-electron chi connectivity index (χ3n) is 1.80. The van der Waals surface area contributed by atoms with Crippen LogP contribution in [0.4, 0.5) is 8.78 Å². The Balaban J connectivity index is 3.38. The van der Waals surface area contributed by atoms with Crippen LogP contribution in [0, 0.1) is 11.3 Å². The summed E-state index contributed by atoms with van der Waals surface area (Å²) < 4.78 is 30.1. The number of methoxy groups -OCH3 is 1. The molecule has 0 bridgehead atoms. The largest absolute Gasteiger partial charge is 0.481 e. The van der Waals surface area contributed by atoms with Crippen LogP contribution in [0.15, 0.2) is 6.20 Å². The van der Waals surface area contributed by atoms with Crippen molar-refractivity contribution in [1.82, 2.24) is 4.98 Å². The van der Waals surface area contributed by atoms with Crippen molar-refractivity contribution in [3.8, 4) is 11.9 Å². The van der Waals surface area contributed by atoms with Crippen LogP contribution in [-0.2, 0) is 6.42 Å². The summed E-state index contributed by atoms with van der Waals surface area (Å²) in [6.45, 7) is 0. The molecule has 0 aromatic carbocycles. The van der Waals surface area contributed by atoms with E-state index in [0.717, 1.165) is 6.20 Å². The van der Waals surface area contributed by atoms with Gasteiger partial charge in [0.1, 0.15) is 0 Å². The van der Waals surface area contributed by atoms with Gasteiger partial charge in [0.15, 0.2) is 0 Å². The molecule has 15 heavy (non-hydrogen) atoms. The van der Waals surface area contributed by atoms with E-state index in [1.165, 1.54) is 7.11 Å². The molecule has 0 unspecified atom stereocenters. The quantitative estimate of drug-likeness (QED) is 0.805. The fraction of sp³-hybridized carbons (Fsp3) is 0.333. The maximum absolute atomic E-state index is 12.7. The van der Waals surface area contributed by atoms with Gasteiger partial charge in [-0.3, -0.25) is 0 Å². The molecule has 0 saturated heterocycles. The molecule has 0 radical (unpaired) electrons. The molecule has 0 saturated carbocycles. The molecule has 0 fully saturated rings. The average Bonchev–Trinajstić information content (AvgIpc) is 2.18. The maximum atomic E-state index is 12.7. The molecule has 0 N–H and O–H groups in total. The van der Waals surface area contributed by atoms with Gasteiger partial charge >= 0.3 is 0 Å². The van der Waals surface area contributed by atoms with Crippen molar-refractivity contribution >= 4 is 11.6 Å². The lowest BCUT2D eigenvalue weighted by molar-refractivity contribution is 0.150. The van der Waals surface area contributed by atoms with Crippen LogP contribution in [0.1, 0.15) is 17.6 Å². The summed E-state index contributed by atoms with van der Waals surface area (Å²) in [6.07, 6.45) is -1.88. The predicted octanol–water partition coefficient (Wildman–Crippen LogP) is 2.75. The summed E-state index contributed by atoms with van der Waals surface area (Å²) in [7, 11) is 1.30. The van der Waals surface area contributed by atoms with E-state index in [2.05, 4.69) is 4.98 Å². The van der Waals surface area contributed by atoms with Crippen LogP contribution < -0.4 is 4.74 Å². The summed E-state index contributed by atoms with van der Waals surface area (Å²) in [4.78, 5) is 3.72. The molecule has 6 heteroatoms. The Labute approximate surface area is 90.3 Å². The lowest BCUT2D eigenvalue weighted by Gasteiger charge is -2.11. The summed E-state index contributed by atoms with van der Waals surface area (Å²) in [5, 5.41) is 8.36. The minimum Gasteiger partial charge on any atom is -0.481 e. The second kappa shape index (κ2) is 4.89. The number of aromatic nitrogens is 1. The highest BCUT2D eigenvalue weighted by Crippen LogP contribution is 2.34. The second-order valence-corrected chi connectivity index (χ2v) is 3.05. The Morgan fingerprint density at radius 2 is 2.33 bits per heavy atom. The number of hydrogen-bond acceptors (Lipinski definition) is 3. The van der Waals surface area contributed by atoms with Crippen LogP contribution in [0.25, 0.3) is 0 Å². The molecule has 0 atom stereocenters. The van der Waals surface area contributed by atoms with Crippen molar-refractivity contribution in [3.63, 3.8) is 0 Å². The first-order valence-corrected chi connectivity index (χ1v) is 4.36. The van der Waals surface area contributed by atoms with Gasteiger partial charge in [-0.25, -0.2) is 13.8 Å². The van der Waals surface area contributed by atoms with Gasteiger partial charge in [0, 0.05) is 11.1 Å². The van der Waals surface area contributed by atoms with Gasteiger partial charge < -0.3 is 4.74 Å². The first kappa shape index (κ1) is 11.7. The van der Waals surface area contributed by atoms with E-state index in [9.17, 15) is 8.78 Å². The van der Waals surface area contributed by atoms with Crippen LogP contribution in [0.5, 0.6) is 5.88 Å². The third kappa shape index (κ3) is 2.34. The minimum atomic E-state index is -2.75. The SMILES string of the molecule is COc1ncc(Cl)c(C(F)F)c1CC#N. The number of nitrogens with zero attached hydrogens (tertiary/aromatic N) is 2. The molecule has 80 valence electrons. The van der Waals surface area contributed by atoms with Crippen molar-refractivity contribution in [2.75, 3.05) is 7.11 Å². The zero-order valence-corrected chi connectivity index (χ0v) is 8.55. The first-order chi connectivity index (χ1) is 7.11. The normalized spacial score (nSPS) is 10.1. The number of alkyl halides is 2. The smallest absolute Gasteiger partial charge is 0.265 e. The fourth-order valence-electron chi connectivity index (χ4n) is 1.18. The summed E-state index contributed by atoms with van der Waals surface area (Å²) in [6, 6.07) is 1.77. The van der Waals surface area contributed by atoms with Gasteiger partial charge in [-0.1, -0.05) is 11.6 Å². The standard InChI is InChI=1S/C9H7ClF2N2O/c1-15-9-5(2-3-13)7(8(11)12)6(10)4-14-9/h4,8H,2H2,1H3. The van der Waals surface area contributed by atoms with Gasteiger partial charge in [0.2, 0.25) is 5.88 Å². The van der Waals surface area contributed by atoms with Gasteiger partial charge in [-0.2, -0.15) is 5.26 Å². The highest BCUT2D eigenvalue weighted by molar-refractivity contribution is 6.31. The topological polar surface area (TPSA) is 45.9 Å². The molecular weight excluding hydrogens is 226 g/mol. The molecule has 0 aliphatic carbocycles. The van der Waals surface area contributed by atoms with E-state index in [4.69, 9.17) is 21.6 Å². The van der Waals surface area contributed by atoms with Crippen LogP contribution in [0.2, 0.25) is 5.02 Å². The van der Waals surface area contributed by atoms with Crippen LogP contribution in [-0.4, -0.2) is 12.1 Å².